The largest absolute Gasteiger partial charge is 0.289 e. The summed E-state index contributed by atoms with van der Waals surface area (Å²) in [5.41, 5.74) is 10.7. The van der Waals surface area contributed by atoms with E-state index in [1.165, 1.54) is 16.7 Å². The zero-order valence-electron chi connectivity index (χ0n) is 16.0. The molecule has 1 heteroatoms. The highest BCUT2D eigenvalue weighted by molar-refractivity contribution is 6.22. The Kier molecular flexibility index (Phi) is 3.77. The molecule has 0 heterocycles. The van der Waals surface area contributed by atoms with Gasteiger partial charge in [0, 0.05) is 11.1 Å². The Morgan fingerprint density at radius 3 is 1.46 bits per heavy atom. The van der Waals surface area contributed by atoms with E-state index >= 15 is 0 Å². The van der Waals surface area contributed by atoms with Crippen molar-refractivity contribution in [3.05, 3.63) is 107 Å². The Bertz CT molecular complexity index is 1210. The molecule has 4 aromatic rings. The molecular formula is C27H20O. The molecule has 0 saturated heterocycles. The minimum Gasteiger partial charge on any atom is -0.289 e. The number of ketones is 1. The zero-order valence-corrected chi connectivity index (χ0v) is 16.0. The second kappa shape index (κ2) is 6.31. The topological polar surface area (TPSA) is 17.1 Å². The fourth-order valence-corrected chi connectivity index (χ4v) is 4.02. The lowest BCUT2D eigenvalue weighted by molar-refractivity contribution is 0.104. The van der Waals surface area contributed by atoms with Crippen LogP contribution in [0.2, 0.25) is 0 Å². The summed E-state index contributed by atoms with van der Waals surface area (Å²) in [6, 6.07) is 29.3. The van der Waals surface area contributed by atoms with Gasteiger partial charge in [0.05, 0.1) is 0 Å². The second-order valence-electron chi connectivity index (χ2n) is 7.55. The molecule has 0 bridgehead atoms. The Labute approximate surface area is 165 Å². The van der Waals surface area contributed by atoms with E-state index in [0.29, 0.717) is 0 Å². The van der Waals surface area contributed by atoms with Crippen LogP contribution >= 0.6 is 0 Å². The summed E-state index contributed by atoms with van der Waals surface area (Å²) >= 11 is 0. The first-order valence-electron chi connectivity index (χ1n) is 9.58. The van der Waals surface area contributed by atoms with Crippen LogP contribution in [-0.2, 0) is 0 Å². The number of fused-ring (bicyclic) bond motifs is 3. The summed E-state index contributed by atoms with van der Waals surface area (Å²) in [6.45, 7) is 4.19. The lowest BCUT2D eigenvalue weighted by Gasteiger charge is -2.14. The molecule has 0 amide bonds. The molecule has 1 aliphatic carbocycles. The highest BCUT2D eigenvalue weighted by Crippen LogP contribution is 2.43. The van der Waals surface area contributed by atoms with E-state index in [4.69, 9.17) is 0 Å². The first-order valence-corrected chi connectivity index (χ1v) is 9.58. The molecule has 4 aromatic carbocycles. The third kappa shape index (κ3) is 2.59. The van der Waals surface area contributed by atoms with Crippen molar-refractivity contribution in [2.75, 3.05) is 0 Å². The summed E-state index contributed by atoms with van der Waals surface area (Å²) < 4.78 is 0. The Hall–Kier alpha value is -3.45. The molecule has 1 aliphatic rings. The number of aryl methyl sites for hydroxylation is 2. The van der Waals surface area contributed by atoms with E-state index in [0.717, 1.165) is 38.9 Å². The van der Waals surface area contributed by atoms with E-state index < -0.39 is 0 Å². The molecule has 0 aliphatic heterocycles. The third-order valence-corrected chi connectivity index (χ3v) is 5.59. The summed E-state index contributed by atoms with van der Waals surface area (Å²) in [7, 11) is 0. The van der Waals surface area contributed by atoms with Crippen molar-refractivity contribution >= 4 is 5.78 Å². The molecule has 0 aromatic heterocycles. The van der Waals surface area contributed by atoms with Gasteiger partial charge in [-0.2, -0.15) is 0 Å². The highest BCUT2D eigenvalue weighted by Gasteiger charge is 2.28. The standard InChI is InChI=1S/C27H20O/c1-17-7-11-19(12-8-17)23-15-25-21-5-3-4-6-22(21)27(28)26(25)16-24(23)20-13-9-18(2)10-14-20/h3-16H,1-2H3. The molecule has 28 heavy (non-hydrogen) atoms. The van der Waals surface area contributed by atoms with Gasteiger partial charge in [-0.05, 0) is 59.4 Å². The molecular weight excluding hydrogens is 340 g/mol. The maximum absolute atomic E-state index is 13.0. The second-order valence-corrected chi connectivity index (χ2v) is 7.55. The number of carbonyl (C=O) groups is 1. The van der Waals surface area contributed by atoms with Gasteiger partial charge in [-0.1, -0.05) is 83.9 Å². The maximum Gasteiger partial charge on any atom is 0.194 e. The number of hydrogen-bond acceptors (Lipinski definition) is 1. The van der Waals surface area contributed by atoms with Crippen LogP contribution in [0, 0.1) is 13.8 Å². The number of hydrogen-bond donors (Lipinski definition) is 0. The quantitative estimate of drug-likeness (QED) is 0.336. The van der Waals surface area contributed by atoms with E-state index in [1.54, 1.807) is 0 Å². The summed E-state index contributed by atoms with van der Waals surface area (Å²) in [4.78, 5) is 13.0. The molecule has 0 fully saturated rings. The van der Waals surface area contributed by atoms with Crippen molar-refractivity contribution in [1.82, 2.24) is 0 Å². The van der Waals surface area contributed by atoms with E-state index in [2.05, 4.69) is 74.5 Å². The van der Waals surface area contributed by atoms with Crippen molar-refractivity contribution in [2.45, 2.75) is 13.8 Å². The number of carbonyl (C=O) groups excluding carboxylic acids is 1. The van der Waals surface area contributed by atoms with Crippen molar-refractivity contribution in [3.63, 3.8) is 0 Å². The van der Waals surface area contributed by atoms with Crippen LogP contribution in [0.25, 0.3) is 33.4 Å². The molecule has 1 nitrogen and oxygen atoms in total. The normalized spacial score (nSPS) is 12.0. The van der Waals surface area contributed by atoms with Crippen LogP contribution in [0.1, 0.15) is 27.0 Å². The van der Waals surface area contributed by atoms with Crippen molar-refractivity contribution < 1.29 is 4.79 Å². The molecule has 0 unspecified atom stereocenters. The average Bonchev–Trinajstić information content (AvgIpc) is 3.00. The van der Waals surface area contributed by atoms with Gasteiger partial charge in [0.1, 0.15) is 0 Å². The first-order chi connectivity index (χ1) is 13.6. The SMILES string of the molecule is Cc1ccc(-c2cc3c(cc2-c2ccc(C)cc2)-c2ccccc2C3=O)cc1. The van der Waals surface area contributed by atoms with Crippen LogP contribution in [0.5, 0.6) is 0 Å². The van der Waals surface area contributed by atoms with Crippen molar-refractivity contribution in [3.8, 4) is 33.4 Å². The molecule has 0 spiro atoms. The Balaban J connectivity index is 1.80. The average molecular weight is 360 g/mol. The summed E-state index contributed by atoms with van der Waals surface area (Å²) in [5.74, 6) is 0.120. The van der Waals surface area contributed by atoms with Gasteiger partial charge in [-0.25, -0.2) is 0 Å². The summed E-state index contributed by atoms with van der Waals surface area (Å²) in [6.07, 6.45) is 0. The molecule has 0 N–H and O–H groups in total. The van der Waals surface area contributed by atoms with E-state index in [1.807, 2.05) is 24.3 Å². The predicted molar refractivity (Wildman–Crippen MR) is 116 cm³/mol. The van der Waals surface area contributed by atoms with Crippen molar-refractivity contribution in [2.24, 2.45) is 0 Å². The minimum atomic E-state index is 0.120. The maximum atomic E-state index is 13.0. The molecule has 134 valence electrons. The Morgan fingerprint density at radius 1 is 0.464 bits per heavy atom. The Morgan fingerprint density at radius 2 is 0.929 bits per heavy atom. The van der Waals surface area contributed by atoms with Gasteiger partial charge in [0.15, 0.2) is 5.78 Å². The molecule has 0 saturated carbocycles. The van der Waals surface area contributed by atoms with E-state index in [-0.39, 0.29) is 5.78 Å². The van der Waals surface area contributed by atoms with Gasteiger partial charge in [-0.3, -0.25) is 4.79 Å². The monoisotopic (exact) mass is 360 g/mol. The lowest BCUT2D eigenvalue weighted by Crippen LogP contribution is -1.96. The number of benzene rings is 4. The van der Waals surface area contributed by atoms with Crippen molar-refractivity contribution in [1.29, 1.82) is 0 Å². The molecule has 0 atom stereocenters. The first kappa shape index (κ1) is 16.7. The minimum absolute atomic E-state index is 0.120. The van der Waals surface area contributed by atoms with Crippen LogP contribution in [0.4, 0.5) is 0 Å². The van der Waals surface area contributed by atoms with E-state index in [9.17, 15) is 4.79 Å². The molecule has 0 radical (unpaired) electrons. The van der Waals surface area contributed by atoms with Crippen LogP contribution < -0.4 is 0 Å². The van der Waals surface area contributed by atoms with Gasteiger partial charge in [0.2, 0.25) is 0 Å². The van der Waals surface area contributed by atoms with Gasteiger partial charge in [0.25, 0.3) is 0 Å². The van der Waals surface area contributed by atoms with Gasteiger partial charge < -0.3 is 0 Å². The van der Waals surface area contributed by atoms with Gasteiger partial charge >= 0.3 is 0 Å². The third-order valence-electron chi connectivity index (χ3n) is 5.59. The predicted octanol–water partition coefficient (Wildman–Crippen LogP) is 6.85. The zero-order chi connectivity index (χ0) is 19.3. The fraction of sp³-hybridized carbons (Fsp3) is 0.0741. The lowest BCUT2D eigenvalue weighted by atomic mass is 9.89. The van der Waals surface area contributed by atoms with Crippen LogP contribution in [-0.4, -0.2) is 5.78 Å². The van der Waals surface area contributed by atoms with Crippen LogP contribution in [0.15, 0.2) is 84.9 Å². The highest BCUT2D eigenvalue weighted by atomic mass is 16.1. The molecule has 5 rings (SSSR count). The smallest absolute Gasteiger partial charge is 0.194 e. The fourth-order valence-electron chi connectivity index (χ4n) is 4.02. The van der Waals surface area contributed by atoms with Crippen LogP contribution in [0.3, 0.4) is 0 Å². The van der Waals surface area contributed by atoms with Gasteiger partial charge in [-0.15, -0.1) is 0 Å². The summed E-state index contributed by atoms with van der Waals surface area (Å²) in [5, 5.41) is 0. The number of rotatable bonds is 2.